The quantitative estimate of drug-likeness (QED) is 0.533. The molecular weight excluding hydrogens is 292 g/mol. The normalized spacial score (nSPS) is 11.0. The van der Waals surface area contributed by atoms with Crippen LogP contribution in [0.5, 0.6) is 0 Å². The van der Waals surface area contributed by atoms with E-state index < -0.39 is 26.4 Å². The van der Waals surface area contributed by atoms with Crippen LogP contribution in [-0.4, -0.2) is 24.2 Å². The summed E-state index contributed by atoms with van der Waals surface area (Å²) in [7, 11) is -4.02. The lowest BCUT2D eigenvalue weighted by Gasteiger charge is -2.05. The molecule has 0 unspecified atom stereocenters. The number of aryl methyl sites for hydroxylation is 1. The van der Waals surface area contributed by atoms with Gasteiger partial charge in [-0.15, -0.1) is 0 Å². The fraction of sp³-hybridized carbons (Fsp3) is 0.0833. The van der Waals surface area contributed by atoms with E-state index in [-0.39, 0.29) is 10.7 Å². The van der Waals surface area contributed by atoms with Crippen LogP contribution in [0.15, 0.2) is 34.1 Å². The van der Waals surface area contributed by atoms with Gasteiger partial charge in [-0.25, -0.2) is 8.42 Å². The molecule has 1 aromatic carbocycles. The van der Waals surface area contributed by atoms with Crippen molar-refractivity contribution >= 4 is 21.6 Å². The molecule has 0 radical (unpaired) electrons. The van der Waals surface area contributed by atoms with Crippen LogP contribution in [0.25, 0.3) is 0 Å². The molecule has 0 amide bonds. The van der Waals surface area contributed by atoms with Gasteiger partial charge >= 0.3 is 0 Å². The molecule has 0 atom stereocenters. The topological polar surface area (TPSA) is 152 Å². The molecule has 0 aliphatic carbocycles. The van der Waals surface area contributed by atoms with Crippen molar-refractivity contribution in [3.63, 3.8) is 0 Å². The third-order valence-corrected chi connectivity index (χ3v) is 4.64. The Hall–Kier alpha value is -2.86. The largest absolute Gasteiger partial charge is 0.382 e. The van der Waals surface area contributed by atoms with Crippen LogP contribution in [0.3, 0.4) is 0 Å². The highest BCUT2D eigenvalue weighted by Crippen LogP contribution is 2.28. The number of nitrogens with zero attached hydrogens (tertiary/aromatic N) is 3. The summed E-state index contributed by atoms with van der Waals surface area (Å²) in [5.74, 6) is -0.936. The molecule has 0 saturated carbocycles. The monoisotopic (exact) mass is 304 g/mol. The third-order valence-electron chi connectivity index (χ3n) is 2.81. The molecule has 5 N–H and O–H groups in total. The summed E-state index contributed by atoms with van der Waals surface area (Å²) in [6.07, 6.45) is 0. The molecule has 2 aromatic rings. The molecule has 8 nitrogen and oxygen atoms in total. The Morgan fingerprint density at radius 1 is 1.38 bits per heavy atom. The summed E-state index contributed by atoms with van der Waals surface area (Å²) in [5.41, 5.74) is 11.4. The van der Waals surface area contributed by atoms with Crippen molar-refractivity contribution < 1.29 is 8.42 Å². The Morgan fingerprint density at radius 3 is 2.43 bits per heavy atom. The second-order valence-electron chi connectivity index (χ2n) is 4.29. The Labute approximate surface area is 121 Å². The summed E-state index contributed by atoms with van der Waals surface area (Å²) >= 11 is 0. The van der Waals surface area contributed by atoms with Gasteiger partial charge in [0.15, 0.2) is 16.4 Å². The van der Waals surface area contributed by atoms with Gasteiger partial charge < -0.3 is 11.5 Å². The molecule has 0 spiro atoms. The van der Waals surface area contributed by atoms with Gasteiger partial charge in [0.1, 0.15) is 6.07 Å². The van der Waals surface area contributed by atoms with Gasteiger partial charge in [-0.2, -0.15) is 15.0 Å². The number of aromatic nitrogens is 2. The van der Waals surface area contributed by atoms with Gasteiger partial charge in [0.25, 0.3) is 0 Å². The van der Waals surface area contributed by atoms with Crippen molar-refractivity contribution in [2.75, 3.05) is 5.73 Å². The molecule has 0 aliphatic heterocycles. The Morgan fingerprint density at radius 2 is 1.95 bits per heavy atom. The minimum atomic E-state index is -4.02. The lowest BCUT2D eigenvalue weighted by molar-refractivity contribution is 0.596. The molecule has 108 valence electrons. The molecule has 0 bridgehead atoms. The van der Waals surface area contributed by atoms with E-state index in [0.29, 0.717) is 4.68 Å². The number of anilines is 1. The van der Waals surface area contributed by atoms with Crippen LogP contribution >= 0.6 is 0 Å². The van der Waals surface area contributed by atoms with Crippen molar-refractivity contribution in [3.05, 3.63) is 35.5 Å². The second-order valence-corrected chi connectivity index (χ2v) is 6.17. The van der Waals surface area contributed by atoms with E-state index in [1.54, 1.807) is 18.2 Å². The van der Waals surface area contributed by atoms with E-state index in [0.717, 1.165) is 5.56 Å². The number of hydrogen-bond acceptors (Lipinski definition) is 6. The minimum absolute atomic E-state index is 0.0144. The number of hydrogen-bond donors (Lipinski definition) is 3. The highest BCUT2D eigenvalue weighted by atomic mass is 32.2. The summed E-state index contributed by atoms with van der Waals surface area (Å²) in [4.78, 5) is -0.455. The molecule has 21 heavy (non-hydrogen) atoms. The number of rotatable bonds is 2. The molecule has 2 rings (SSSR count). The molecule has 9 heteroatoms. The third kappa shape index (κ3) is 2.32. The SMILES string of the molecule is Cc1ccc(S(=O)(=O)c2c(C#N)nn(C(=N)N)c2N)cc1. The number of nitrogens with one attached hydrogen (secondary N) is 1. The van der Waals surface area contributed by atoms with Crippen LogP contribution in [0.1, 0.15) is 11.3 Å². The van der Waals surface area contributed by atoms with Crippen LogP contribution in [0.2, 0.25) is 0 Å². The van der Waals surface area contributed by atoms with Crippen molar-refractivity contribution in [1.82, 2.24) is 9.78 Å². The summed E-state index contributed by atoms with van der Waals surface area (Å²) in [6, 6.07) is 7.74. The lowest BCUT2D eigenvalue weighted by atomic mass is 10.2. The van der Waals surface area contributed by atoms with Gasteiger partial charge in [-0.3, -0.25) is 5.41 Å². The fourth-order valence-electron chi connectivity index (χ4n) is 1.77. The summed E-state index contributed by atoms with van der Waals surface area (Å²) in [5, 5.41) is 20.0. The second kappa shape index (κ2) is 4.92. The van der Waals surface area contributed by atoms with E-state index in [4.69, 9.17) is 22.1 Å². The minimum Gasteiger partial charge on any atom is -0.382 e. The summed E-state index contributed by atoms with van der Waals surface area (Å²) in [6.45, 7) is 1.82. The zero-order valence-electron chi connectivity index (χ0n) is 11.0. The maximum Gasteiger partial charge on any atom is 0.215 e. The van der Waals surface area contributed by atoms with Gasteiger partial charge in [-0.05, 0) is 19.1 Å². The first-order chi connectivity index (χ1) is 9.78. The van der Waals surface area contributed by atoms with E-state index in [1.165, 1.54) is 12.1 Å². The number of benzene rings is 1. The van der Waals surface area contributed by atoms with Crippen molar-refractivity contribution in [2.24, 2.45) is 5.73 Å². The molecule has 1 aromatic heterocycles. The first-order valence-electron chi connectivity index (χ1n) is 5.73. The molecule has 0 fully saturated rings. The highest BCUT2D eigenvalue weighted by molar-refractivity contribution is 7.91. The predicted molar refractivity (Wildman–Crippen MR) is 75.3 cm³/mol. The van der Waals surface area contributed by atoms with Gasteiger partial charge in [0, 0.05) is 0 Å². The van der Waals surface area contributed by atoms with Crippen LogP contribution in [0.4, 0.5) is 5.82 Å². The predicted octanol–water partition coefficient (Wildman–Crippen LogP) is 0.220. The van der Waals surface area contributed by atoms with E-state index >= 15 is 0 Å². The Kier molecular flexibility index (Phi) is 3.40. The van der Waals surface area contributed by atoms with Crippen molar-refractivity contribution in [1.29, 1.82) is 10.7 Å². The maximum absolute atomic E-state index is 12.6. The molecule has 0 saturated heterocycles. The average molecular weight is 304 g/mol. The molecule has 0 aliphatic rings. The standard InChI is InChI=1S/C12H12N6O2S/c1-7-2-4-8(5-3-7)21(19,20)10-9(6-13)17-18(11(10)14)12(15)16/h2-5H,14H2,1H3,(H3,15,16). The van der Waals surface area contributed by atoms with E-state index in [1.807, 2.05) is 6.92 Å². The first kappa shape index (κ1) is 14.5. The van der Waals surface area contributed by atoms with Gasteiger partial charge in [-0.1, -0.05) is 17.7 Å². The van der Waals surface area contributed by atoms with E-state index in [9.17, 15) is 8.42 Å². The maximum atomic E-state index is 12.6. The Balaban J connectivity index is 2.74. The number of nitrogens with two attached hydrogens (primary N) is 2. The lowest BCUT2D eigenvalue weighted by Crippen LogP contribution is -2.23. The first-order valence-corrected chi connectivity index (χ1v) is 7.22. The van der Waals surface area contributed by atoms with Crippen molar-refractivity contribution in [3.8, 4) is 6.07 Å². The summed E-state index contributed by atoms with van der Waals surface area (Å²) < 4.78 is 25.9. The fourth-order valence-corrected chi connectivity index (χ4v) is 3.21. The molecular formula is C12H12N6O2S. The zero-order valence-corrected chi connectivity index (χ0v) is 11.8. The average Bonchev–Trinajstić information content (AvgIpc) is 2.77. The molecule has 1 heterocycles. The van der Waals surface area contributed by atoms with Crippen LogP contribution < -0.4 is 11.5 Å². The highest BCUT2D eigenvalue weighted by Gasteiger charge is 2.30. The van der Waals surface area contributed by atoms with E-state index in [2.05, 4.69) is 5.10 Å². The van der Waals surface area contributed by atoms with Gasteiger partial charge in [0.05, 0.1) is 4.90 Å². The van der Waals surface area contributed by atoms with Gasteiger partial charge in [0.2, 0.25) is 15.8 Å². The van der Waals surface area contributed by atoms with Crippen LogP contribution in [0, 0.1) is 23.7 Å². The number of sulfone groups is 1. The Bertz CT molecular complexity index is 858. The zero-order chi connectivity index (χ0) is 15.8. The van der Waals surface area contributed by atoms with Crippen molar-refractivity contribution in [2.45, 2.75) is 16.7 Å². The number of nitrogen functional groups attached to an aromatic ring is 2. The number of nitriles is 1. The van der Waals surface area contributed by atoms with Crippen LogP contribution in [-0.2, 0) is 9.84 Å². The smallest absolute Gasteiger partial charge is 0.215 e.